The molecule has 0 radical (unpaired) electrons. The molecule has 2 rings (SSSR count). The normalized spacial score (nSPS) is 21.4. The fraction of sp³-hybridized carbons (Fsp3) is 0.867. The van der Waals surface area contributed by atoms with E-state index in [1.807, 2.05) is 23.0 Å². The van der Waals surface area contributed by atoms with E-state index in [1.165, 1.54) is 0 Å². The molecule has 0 spiro atoms. The molecule has 2 fully saturated rings. The minimum absolute atomic E-state index is 0.0666. The fourth-order valence-electron chi connectivity index (χ4n) is 3.09. The van der Waals surface area contributed by atoms with Crippen LogP contribution in [0.5, 0.6) is 0 Å². The van der Waals surface area contributed by atoms with Gasteiger partial charge in [0.15, 0.2) is 0 Å². The van der Waals surface area contributed by atoms with Crippen LogP contribution in [0.3, 0.4) is 0 Å². The monoisotopic (exact) mass is 313 g/mol. The summed E-state index contributed by atoms with van der Waals surface area (Å²) < 4.78 is 0. The number of amides is 3. The molecule has 3 amide bonds. The predicted molar refractivity (Wildman–Crippen MR) is 86.5 cm³/mol. The Bertz CT molecular complexity index is 364. The van der Waals surface area contributed by atoms with Crippen LogP contribution in [-0.2, 0) is 4.79 Å². The lowest BCUT2D eigenvalue weighted by Gasteiger charge is -2.34. The molecule has 1 atom stereocenters. The summed E-state index contributed by atoms with van der Waals surface area (Å²) in [5, 5.41) is 3.08. The fourth-order valence-corrected chi connectivity index (χ4v) is 3.68. The van der Waals surface area contributed by atoms with E-state index >= 15 is 0 Å². The average Bonchev–Trinajstić information content (AvgIpc) is 3.01. The third kappa shape index (κ3) is 4.53. The van der Waals surface area contributed by atoms with Crippen molar-refractivity contribution in [3.63, 3.8) is 0 Å². The van der Waals surface area contributed by atoms with Crippen LogP contribution in [0.15, 0.2) is 0 Å². The number of carbonyl (C=O) groups excluding carboxylic acids is 2. The maximum Gasteiger partial charge on any atom is 0.319 e. The van der Waals surface area contributed by atoms with E-state index in [9.17, 15) is 9.59 Å². The summed E-state index contributed by atoms with van der Waals surface area (Å²) >= 11 is 1.74. The number of nitrogens with one attached hydrogen (secondary N) is 1. The average molecular weight is 313 g/mol. The van der Waals surface area contributed by atoms with Gasteiger partial charge in [0.25, 0.3) is 0 Å². The molecule has 2 saturated heterocycles. The molecule has 120 valence electrons. The zero-order valence-corrected chi connectivity index (χ0v) is 14.0. The molecule has 0 unspecified atom stereocenters. The minimum Gasteiger partial charge on any atom is -0.353 e. The van der Waals surface area contributed by atoms with Gasteiger partial charge in [0.05, 0.1) is 0 Å². The first-order chi connectivity index (χ1) is 10.1. The molecular formula is C15H27N3O2S. The predicted octanol–water partition coefficient (Wildman–Crippen LogP) is 1.78. The van der Waals surface area contributed by atoms with Gasteiger partial charge in [-0.3, -0.25) is 4.79 Å². The van der Waals surface area contributed by atoms with Crippen molar-refractivity contribution in [2.24, 2.45) is 5.92 Å². The van der Waals surface area contributed by atoms with Crippen LogP contribution in [0.4, 0.5) is 4.79 Å². The Morgan fingerprint density at radius 3 is 2.29 bits per heavy atom. The number of piperidine rings is 1. The maximum absolute atomic E-state index is 12.3. The van der Waals surface area contributed by atoms with Gasteiger partial charge >= 0.3 is 6.03 Å². The number of nitrogens with zero attached hydrogens (tertiary/aromatic N) is 2. The molecule has 6 heteroatoms. The SMILES string of the molecule is CSC[C@H](C)NC(=O)C1CCN(C(=O)N2CCCC2)CC1. The maximum atomic E-state index is 12.3. The highest BCUT2D eigenvalue weighted by molar-refractivity contribution is 7.98. The van der Waals surface area contributed by atoms with E-state index in [0.717, 1.165) is 44.5 Å². The van der Waals surface area contributed by atoms with Crippen molar-refractivity contribution in [3.05, 3.63) is 0 Å². The molecule has 1 N–H and O–H groups in total. The lowest BCUT2D eigenvalue weighted by molar-refractivity contribution is -0.126. The smallest absolute Gasteiger partial charge is 0.319 e. The molecule has 0 saturated carbocycles. The second-order valence-corrected chi connectivity index (χ2v) is 7.01. The molecule has 0 aromatic carbocycles. The van der Waals surface area contributed by atoms with E-state index in [0.29, 0.717) is 13.1 Å². The molecule has 0 bridgehead atoms. The second kappa shape index (κ2) is 7.92. The van der Waals surface area contributed by atoms with E-state index < -0.39 is 0 Å². The van der Waals surface area contributed by atoms with E-state index in [1.54, 1.807) is 11.8 Å². The lowest BCUT2D eigenvalue weighted by Crippen LogP contribution is -2.48. The lowest BCUT2D eigenvalue weighted by atomic mass is 9.96. The van der Waals surface area contributed by atoms with Crippen molar-refractivity contribution in [2.45, 2.75) is 38.6 Å². The molecule has 2 aliphatic rings. The van der Waals surface area contributed by atoms with Gasteiger partial charge < -0.3 is 15.1 Å². The Morgan fingerprint density at radius 2 is 1.71 bits per heavy atom. The number of thioether (sulfide) groups is 1. The molecule has 2 heterocycles. The highest BCUT2D eigenvalue weighted by Crippen LogP contribution is 2.20. The minimum atomic E-state index is 0.0666. The number of hydrogen-bond donors (Lipinski definition) is 1. The first-order valence-corrected chi connectivity index (χ1v) is 9.34. The number of rotatable bonds is 4. The Balaban J connectivity index is 1.74. The summed E-state index contributed by atoms with van der Waals surface area (Å²) in [5.74, 6) is 1.17. The van der Waals surface area contributed by atoms with Crippen molar-refractivity contribution in [3.8, 4) is 0 Å². The number of urea groups is 1. The topological polar surface area (TPSA) is 52.7 Å². The quantitative estimate of drug-likeness (QED) is 0.861. The molecule has 21 heavy (non-hydrogen) atoms. The summed E-state index contributed by atoms with van der Waals surface area (Å²) in [6.45, 7) is 5.26. The van der Waals surface area contributed by atoms with Crippen molar-refractivity contribution in [2.75, 3.05) is 38.2 Å². The van der Waals surface area contributed by atoms with Crippen molar-refractivity contribution in [1.29, 1.82) is 0 Å². The third-order valence-electron chi connectivity index (χ3n) is 4.32. The molecular weight excluding hydrogens is 286 g/mol. The largest absolute Gasteiger partial charge is 0.353 e. The summed E-state index contributed by atoms with van der Waals surface area (Å²) in [6, 6.07) is 0.388. The highest BCUT2D eigenvalue weighted by atomic mass is 32.2. The van der Waals surface area contributed by atoms with Crippen LogP contribution in [0.25, 0.3) is 0 Å². The van der Waals surface area contributed by atoms with E-state index in [2.05, 4.69) is 5.32 Å². The van der Waals surface area contributed by atoms with Crippen LogP contribution in [0.2, 0.25) is 0 Å². The van der Waals surface area contributed by atoms with Gasteiger partial charge in [-0.05, 0) is 38.9 Å². The third-order valence-corrected chi connectivity index (χ3v) is 5.15. The van der Waals surface area contributed by atoms with Gasteiger partial charge in [-0.2, -0.15) is 11.8 Å². The molecule has 0 aliphatic carbocycles. The summed E-state index contributed by atoms with van der Waals surface area (Å²) in [5.41, 5.74) is 0. The van der Waals surface area contributed by atoms with E-state index in [4.69, 9.17) is 0 Å². The van der Waals surface area contributed by atoms with Gasteiger partial charge in [0.2, 0.25) is 5.91 Å². The first-order valence-electron chi connectivity index (χ1n) is 7.95. The Hall–Kier alpha value is -0.910. The van der Waals surface area contributed by atoms with Crippen LogP contribution in [0.1, 0.15) is 32.6 Å². The van der Waals surface area contributed by atoms with Gasteiger partial charge in [0.1, 0.15) is 0 Å². The molecule has 2 aliphatic heterocycles. The highest BCUT2D eigenvalue weighted by Gasteiger charge is 2.30. The van der Waals surface area contributed by atoms with Gasteiger partial charge in [0, 0.05) is 43.9 Å². The Morgan fingerprint density at radius 1 is 1.14 bits per heavy atom. The Kier molecular flexibility index (Phi) is 6.21. The summed E-state index contributed by atoms with van der Waals surface area (Å²) in [4.78, 5) is 28.3. The van der Waals surface area contributed by atoms with Crippen molar-refractivity contribution >= 4 is 23.7 Å². The summed E-state index contributed by atoms with van der Waals surface area (Å²) in [6.07, 6.45) is 5.87. The molecule has 5 nitrogen and oxygen atoms in total. The van der Waals surface area contributed by atoms with Crippen LogP contribution >= 0.6 is 11.8 Å². The van der Waals surface area contributed by atoms with Crippen molar-refractivity contribution in [1.82, 2.24) is 15.1 Å². The first kappa shape index (κ1) is 16.5. The Labute approximate surface area is 131 Å². The van der Waals surface area contributed by atoms with E-state index in [-0.39, 0.29) is 23.9 Å². The van der Waals surface area contributed by atoms with Gasteiger partial charge in [-0.15, -0.1) is 0 Å². The number of hydrogen-bond acceptors (Lipinski definition) is 3. The zero-order valence-electron chi connectivity index (χ0n) is 13.1. The molecule has 0 aromatic rings. The van der Waals surface area contributed by atoms with Crippen molar-refractivity contribution < 1.29 is 9.59 Å². The van der Waals surface area contributed by atoms with Gasteiger partial charge in [-0.1, -0.05) is 0 Å². The number of carbonyl (C=O) groups is 2. The van der Waals surface area contributed by atoms with Crippen LogP contribution in [-0.4, -0.2) is 66.0 Å². The summed E-state index contributed by atoms with van der Waals surface area (Å²) in [7, 11) is 0. The second-order valence-electron chi connectivity index (χ2n) is 6.10. The van der Waals surface area contributed by atoms with Crippen LogP contribution in [0, 0.1) is 5.92 Å². The zero-order chi connectivity index (χ0) is 15.2. The number of likely N-dealkylation sites (tertiary alicyclic amines) is 2. The molecule has 0 aromatic heterocycles. The van der Waals surface area contributed by atoms with Gasteiger partial charge in [-0.25, -0.2) is 4.79 Å². The standard InChI is InChI=1S/C15H27N3O2S/c1-12(11-21-2)16-14(19)13-5-9-18(10-6-13)15(20)17-7-3-4-8-17/h12-13H,3-11H2,1-2H3,(H,16,19)/t12-/m0/s1. The van der Waals surface area contributed by atoms with Crippen LogP contribution < -0.4 is 5.32 Å².